The van der Waals surface area contributed by atoms with Crippen LogP contribution in [0.5, 0.6) is 5.75 Å². The van der Waals surface area contributed by atoms with E-state index in [0.29, 0.717) is 36.8 Å². The van der Waals surface area contributed by atoms with Crippen LogP contribution in [0.4, 0.5) is 0 Å². The first-order valence-corrected chi connectivity index (χ1v) is 7.98. The zero-order valence-electron chi connectivity index (χ0n) is 13.9. The van der Waals surface area contributed by atoms with Crippen LogP contribution >= 0.6 is 0 Å². The van der Waals surface area contributed by atoms with Crippen molar-refractivity contribution in [3.05, 3.63) is 54.4 Å². The summed E-state index contributed by atoms with van der Waals surface area (Å²) in [5, 5.41) is 14.2. The van der Waals surface area contributed by atoms with Gasteiger partial charge in [-0.05, 0) is 41.6 Å². The molecule has 0 aliphatic heterocycles. The lowest BCUT2D eigenvalue weighted by atomic mass is 10.2. The number of carbonyl (C=O) groups is 1. The standard InChI is InChI=1S/C16H19N7O2/c1-2-23-15(19-20-21-23)11-25-14-5-3-13(4-6-14)16(24)18-8-10-22-9-7-17-12-22/h3-7,9,12H,2,8,10-11H2,1H3,(H,18,24). The van der Waals surface area contributed by atoms with Gasteiger partial charge in [-0.15, -0.1) is 5.10 Å². The summed E-state index contributed by atoms with van der Waals surface area (Å²) in [7, 11) is 0. The normalized spacial score (nSPS) is 10.6. The minimum Gasteiger partial charge on any atom is -0.486 e. The monoisotopic (exact) mass is 341 g/mol. The molecule has 1 N–H and O–H groups in total. The zero-order chi connectivity index (χ0) is 17.5. The van der Waals surface area contributed by atoms with Gasteiger partial charge in [0.05, 0.1) is 6.33 Å². The molecular weight excluding hydrogens is 322 g/mol. The topological polar surface area (TPSA) is 99.8 Å². The number of tetrazole rings is 1. The van der Waals surface area contributed by atoms with Gasteiger partial charge >= 0.3 is 0 Å². The number of imidazole rings is 1. The summed E-state index contributed by atoms with van der Waals surface area (Å²) < 4.78 is 9.23. The Hall–Kier alpha value is -3.23. The van der Waals surface area contributed by atoms with Crippen molar-refractivity contribution in [2.45, 2.75) is 26.6 Å². The van der Waals surface area contributed by atoms with E-state index in [2.05, 4.69) is 25.8 Å². The van der Waals surface area contributed by atoms with E-state index in [1.807, 2.05) is 17.7 Å². The molecule has 0 unspecified atom stereocenters. The molecule has 0 bridgehead atoms. The molecule has 25 heavy (non-hydrogen) atoms. The van der Waals surface area contributed by atoms with Crippen molar-refractivity contribution >= 4 is 5.91 Å². The van der Waals surface area contributed by atoms with Gasteiger partial charge in [-0.25, -0.2) is 9.67 Å². The first-order chi connectivity index (χ1) is 12.3. The lowest BCUT2D eigenvalue weighted by Crippen LogP contribution is -2.26. The fraction of sp³-hybridized carbons (Fsp3) is 0.312. The van der Waals surface area contributed by atoms with Gasteiger partial charge in [0.25, 0.3) is 5.91 Å². The van der Waals surface area contributed by atoms with Crippen molar-refractivity contribution in [2.75, 3.05) is 6.54 Å². The van der Waals surface area contributed by atoms with Gasteiger partial charge in [0.1, 0.15) is 12.4 Å². The second kappa shape index (κ2) is 8.04. The Morgan fingerprint density at radius 1 is 1.28 bits per heavy atom. The zero-order valence-corrected chi connectivity index (χ0v) is 13.9. The summed E-state index contributed by atoms with van der Waals surface area (Å²) in [6.07, 6.45) is 5.28. The van der Waals surface area contributed by atoms with Crippen molar-refractivity contribution in [2.24, 2.45) is 0 Å². The lowest BCUT2D eigenvalue weighted by Gasteiger charge is -2.08. The quantitative estimate of drug-likeness (QED) is 0.653. The Morgan fingerprint density at radius 3 is 2.84 bits per heavy atom. The van der Waals surface area contributed by atoms with Gasteiger partial charge in [0.15, 0.2) is 5.82 Å². The van der Waals surface area contributed by atoms with Gasteiger partial charge in [-0.1, -0.05) is 0 Å². The number of ether oxygens (including phenoxy) is 1. The minimum atomic E-state index is -0.124. The molecule has 9 heteroatoms. The van der Waals surface area contributed by atoms with E-state index in [-0.39, 0.29) is 12.5 Å². The highest BCUT2D eigenvalue weighted by Gasteiger charge is 2.07. The second-order valence-corrected chi connectivity index (χ2v) is 5.28. The number of hydrogen-bond donors (Lipinski definition) is 1. The van der Waals surface area contributed by atoms with Crippen molar-refractivity contribution in [3.63, 3.8) is 0 Å². The summed E-state index contributed by atoms with van der Waals surface area (Å²) in [5.74, 6) is 1.19. The highest BCUT2D eigenvalue weighted by atomic mass is 16.5. The molecule has 2 aromatic heterocycles. The van der Waals surface area contributed by atoms with E-state index in [0.717, 1.165) is 0 Å². The third kappa shape index (κ3) is 4.40. The first kappa shape index (κ1) is 16.6. The lowest BCUT2D eigenvalue weighted by molar-refractivity contribution is 0.0952. The summed E-state index contributed by atoms with van der Waals surface area (Å²) in [6, 6.07) is 6.96. The van der Waals surface area contributed by atoms with E-state index >= 15 is 0 Å². The number of aryl methyl sites for hydroxylation is 1. The molecule has 0 atom stereocenters. The number of nitrogens with zero attached hydrogens (tertiary/aromatic N) is 6. The van der Waals surface area contributed by atoms with E-state index in [4.69, 9.17) is 4.74 Å². The Morgan fingerprint density at radius 2 is 2.12 bits per heavy atom. The molecule has 0 radical (unpaired) electrons. The van der Waals surface area contributed by atoms with Gasteiger partial charge in [-0.2, -0.15) is 0 Å². The maximum absolute atomic E-state index is 12.1. The molecule has 0 saturated carbocycles. The number of amides is 1. The van der Waals surface area contributed by atoms with Gasteiger partial charge in [-0.3, -0.25) is 4.79 Å². The molecule has 3 rings (SSSR count). The van der Waals surface area contributed by atoms with Crippen LogP contribution in [0.15, 0.2) is 43.0 Å². The summed E-state index contributed by atoms with van der Waals surface area (Å²) in [6.45, 7) is 4.13. The molecule has 9 nitrogen and oxygen atoms in total. The molecule has 0 fully saturated rings. The predicted molar refractivity (Wildman–Crippen MR) is 88.8 cm³/mol. The van der Waals surface area contributed by atoms with E-state index in [1.54, 1.807) is 41.5 Å². The number of aromatic nitrogens is 6. The molecule has 0 aliphatic rings. The van der Waals surface area contributed by atoms with Crippen LogP contribution in [0, 0.1) is 0 Å². The van der Waals surface area contributed by atoms with Gasteiger partial charge in [0, 0.05) is 37.6 Å². The van der Waals surface area contributed by atoms with Crippen LogP contribution in [0.25, 0.3) is 0 Å². The molecule has 1 amide bonds. The SMILES string of the molecule is CCn1nnnc1COc1ccc(C(=O)NCCn2ccnc2)cc1. The highest BCUT2D eigenvalue weighted by Crippen LogP contribution is 2.13. The number of carbonyl (C=O) groups excluding carboxylic acids is 1. The van der Waals surface area contributed by atoms with Crippen molar-refractivity contribution in [3.8, 4) is 5.75 Å². The van der Waals surface area contributed by atoms with E-state index in [1.165, 1.54) is 0 Å². The number of rotatable bonds is 8. The molecule has 0 aliphatic carbocycles. The van der Waals surface area contributed by atoms with Crippen LogP contribution in [-0.4, -0.2) is 42.2 Å². The minimum absolute atomic E-state index is 0.124. The summed E-state index contributed by atoms with van der Waals surface area (Å²) >= 11 is 0. The van der Waals surface area contributed by atoms with Crippen molar-refractivity contribution in [1.29, 1.82) is 0 Å². The van der Waals surface area contributed by atoms with Gasteiger partial charge < -0.3 is 14.6 Å². The Bertz CT molecular complexity index is 796. The average Bonchev–Trinajstić information content (AvgIpc) is 3.31. The Kier molecular flexibility index (Phi) is 5.35. The van der Waals surface area contributed by atoms with Gasteiger partial charge in [0.2, 0.25) is 0 Å². The smallest absolute Gasteiger partial charge is 0.251 e. The van der Waals surface area contributed by atoms with Crippen molar-refractivity contribution < 1.29 is 9.53 Å². The van der Waals surface area contributed by atoms with Crippen LogP contribution in [0.2, 0.25) is 0 Å². The maximum atomic E-state index is 12.1. The average molecular weight is 341 g/mol. The largest absolute Gasteiger partial charge is 0.486 e. The molecule has 0 spiro atoms. The van der Waals surface area contributed by atoms with E-state index in [9.17, 15) is 4.79 Å². The van der Waals surface area contributed by atoms with Crippen LogP contribution in [-0.2, 0) is 19.7 Å². The van der Waals surface area contributed by atoms with Crippen LogP contribution < -0.4 is 10.1 Å². The molecule has 3 aromatic rings. The predicted octanol–water partition coefficient (Wildman–Crippen LogP) is 0.898. The fourth-order valence-electron chi connectivity index (χ4n) is 2.24. The molecule has 130 valence electrons. The third-order valence-electron chi connectivity index (χ3n) is 3.60. The fourth-order valence-corrected chi connectivity index (χ4v) is 2.24. The Labute approximate surface area is 144 Å². The van der Waals surface area contributed by atoms with Crippen molar-refractivity contribution in [1.82, 2.24) is 35.1 Å². The summed E-state index contributed by atoms with van der Waals surface area (Å²) in [4.78, 5) is 16.1. The molecular formula is C16H19N7O2. The number of nitrogens with one attached hydrogen (secondary N) is 1. The highest BCUT2D eigenvalue weighted by molar-refractivity contribution is 5.94. The number of benzene rings is 1. The second-order valence-electron chi connectivity index (χ2n) is 5.28. The number of hydrogen-bond acceptors (Lipinski definition) is 6. The maximum Gasteiger partial charge on any atom is 0.251 e. The first-order valence-electron chi connectivity index (χ1n) is 7.98. The van der Waals surface area contributed by atoms with E-state index < -0.39 is 0 Å². The van der Waals surface area contributed by atoms with Crippen LogP contribution in [0.3, 0.4) is 0 Å². The van der Waals surface area contributed by atoms with Crippen LogP contribution in [0.1, 0.15) is 23.1 Å². The summed E-state index contributed by atoms with van der Waals surface area (Å²) in [5.41, 5.74) is 0.580. The molecule has 1 aromatic carbocycles. The molecule has 2 heterocycles. The Balaban J connectivity index is 1.48. The molecule has 0 saturated heterocycles. The third-order valence-corrected chi connectivity index (χ3v) is 3.60.